The number of benzene rings is 3. The molecule has 1 aromatic heterocycles. The van der Waals surface area contributed by atoms with E-state index in [4.69, 9.17) is 9.84 Å². The lowest BCUT2D eigenvalue weighted by Crippen LogP contribution is -2.02. The Hall–Kier alpha value is -4.45. The number of ether oxygens (including phenoxy) is 1. The van der Waals surface area contributed by atoms with Gasteiger partial charge in [0.05, 0.1) is 16.8 Å². The predicted molar refractivity (Wildman–Crippen MR) is 121 cm³/mol. The van der Waals surface area contributed by atoms with Crippen LogP contribution in [0, 0.1) is 0 Å². The van der Waals surface area contributed by atoms with Crippen LogP contribution in [0.5, 0.6) is 11.5 Å². The Morgan fingerprint density at radius 3 is 2.53 bits per heavy atom. The van der Waals surface area contributed by atoms with E-state index in [0.29, 0.717) is 12.4 Å². The number of aromatic carboxylic acids is 1. The molecule has 0 unspecified atom stereocenters. The maximum atomic E-state index is 12.4. The van der Waals surface area contributed by atoms with Gasteiger partial charge in [0, 0.05) is 5.39 Å². The highest BCUT2D eigenvalue weighted by atomic mass is 16.5. The van der Waals surface area contributed by atoms with Gasteiger partial charge in [0.2, 0.25) is 0 Å². The number of carboxylic acid groups (broad SMARTS) is 1. The van der Waals surface area contributed by atoms with Crippen molar-refractivity contribution < 1.29 is 24.5 Å². The first-order chi connectivity index (χ1) is 15.5. The van der Waals surface area contributed by atoms with Gasteiger partial charge in [-0.2, -0.15) is 0 Å². The maximum Gasteiger partial charge on any atom is 0.339 e. The largest absolute Gasteiger partial charge is 0.506 e. The van der Waals surface area contributed by atoms with Gasteiger partial charge in [-0.05, 0) is 48.0 Å². The van der Waals surface area contributed by atoms with E-state index in [1.807, 2.05) is 42.5 Å². The van der Waals surface area contributed by atoms with Crippen molar-refractivity contribution >= 4 is 28.7 Å². The number of hydrogen-bond acceptors (Lipinski definition) is 5. The number of aromatic hydroxyl groups is 1. The van der Waals surface area contributed by atoms with Crippen LogP contribution in [0.15, 0.2) is 84.9 Å². The Morgan fingerprint density at radius 1 is 0.906 bits per heavy atom. The summed E-state index contributed by atoms with van der Waals surface area (Å²) >= 11 is 0. The number of aromatic nitrogens is 1. The highest BCUT2D eigenvalue weighted by Gasteiger charge is 2.16. The molecular weight excluding hydrogens is 406 g/mol. The summed E-state index contributed by atoms with van der Waals surface area (Å²) in [4.78, 5) is 28.2. The van der Waals surface area contributed by atoms with E-state index in [1.54, 1.807) is 24.3 Å². The number of pyridine rings is 1. The third kappa shape index (κ3) is 4.65. The fourth-order valence-electron chi connectivity index (χ4n) is 3.23. The van der Waals surface area contributed by atoms with Gasteiger partial charge in [-0.15, -0.1) is 0 Å². The molecule has 0 fully saturated rings. The third-order valence-corrected chi connectivity index (χ3v) is 4.86. The Labute approximate surface area is 184 Å². The van der Waals surface area contributed by atoms with Crippen molar-refractivity contribution in [2.75, 3.05) is 0 Å². The average molecular weight is 425 g/mol. The molecule has 0 atom stereocenters. The Bertz CT molecular complexity index is 1340. The molecule has 0 aliphatic heterocycles. The molecule has 0 spiro atoms. The van der Waals surface area contributed by atoms with Crippen molar-refractivity contribution in [3.63, 3.8) is 0 Å². The van der Waals surface area contributed by atoms with E-state index in [9.17, 15) is 14.7 Å². The van der Waals surface area contributed by atoms with Gasteiger partial charge in [-0.25, -0.2) is 9.78 Å². The average Bonchev–Trinajstić information content (AvgIpc) is 2.81. The molecule has 4 aromatic rings. The molecule has 0 amide bonds. The quantitative estimate of drug-likeness (QED) is 0.315. The maximum absolute atomic E-state index is 12.4. The molecule has 0 aliphatic rings. The van der Waals surface area contributed by atoms with Gasteiger partial charge in [0.25, 0.3) is 0 Å². The highest BCUT2D eigenvalue weighted by molar-refractivity contribution is 6.10. The van der Waals surface area contributed by atoms with Gasteiger partial charge in [-0.1, -0.05) is 48.5 Å². The highest BCUT2D eigenvalue weighted by Crippen LogP contribution is 2.24. The first-order valence-corrected chi connectivity index (χ1v) is 9.86. The van der Waals surface area contributed by atoms with Gasteiger partial charge < -0.3 is 14.9 Å². The molecule has 158 valence electrons. The summed E-state index contributed by atoms with van der Waals surface area (Å²) in [5.74, 6) is -1.73. The zero-order valence-corrected chi connectivity index (χ0v) is 16.9. The van der Waals surface area contributed by atoms with E-state index in [1.165, 1.54) is 24.3 Å². The number of allylic oxidation sites excluding steroid dienone is 1. The monoisotopic (exact) mass is 425 g/mol. The van der Waals surface area contributed by atoms with Gasteiger partial charge in [0.15, 0.2) is 5.78 Å². The minimum atomic E-state index is -1.30. The normalized spacial score (nSPS) is 11.0. The van der Waals surface area contributed by atoms with E-state index in [-0.39, 0.29) is 11.1 Å². The fraction of sp³-hybridized carbons (Fsp3) is 0.0385. The van der Waals surface area contributed by atoms with Gasteiger partial charge in [-0.3, -0.25) is 4.79 Å². The minimum absolute atomic E-state index is 0.0732. The van der Waals surface area contributed by atoms with Crippen molar-refractivity contribution in [1.29, 1.82) is 0 Å². The van der Waals surface area contributed by atoms with Crippen LogP contribution in [-0.2, 0) is 6.61 Å². The SMILES string of the molecule is O=C(O)c1cccc(C(=O)/C=C/c2cccc(OCc3ccc4ccccc4n3)c2)c1O. The van der Waals surface area contributed by atoms with Gasteiger partial charge >= 0.3 is 5.97 Å². The number of ketones is 1. The number of carbonyl (C=O) groups is 2. The number of carbonyl (C=O) groups excluding carboxylic acids is 1. The summed E-state index contributed by atoms with van der Waals surface area (Å²) in [6.07, 6.45) is 2.86. The topological polar surface area (TPSA) is 96.7 Å². The zero-order chi connectivity index (χ0) is 22.5. The first-order valence-electron chi connectivity index (χ1n) is 9.86. The van der Waals surface area contributed by atoms with Crippen molar-refractivity contribution in [3.8, 4) is 11.5 Å². The lowest BCUT2D eigenvalue weighted by Gasteiger charge is -2.07. The van der Waals surface area contributed by atoms with Crippen molar-refractivity contribution in [2.45, 2.75) is 6.61 Å². The molecule has 4 rings (SSSR count). The van der Waals surface area contributed by atoms with Crippen LogP contribution in [0.3, 0.4) is 0 Å². The van der Waals surface area contributed by atoms with Crippen LogP contribution in [0.2, 0.25) is 0 Å². The summed E-state index contributed by atoms with van der Waals surface area (Å²) in [6, 6.07) is 23.0. The van der Waals surface area contributed by atoms with Crippen LogP contribution >= 0.6 is 0 Å². The number of para-hydroxylation sites is 2. The van der Waals surface area contributed by atoms with E-state index < -0.39 is 17.5 Å². The molecule has 0 saturated carbocycles. The Balaban J connectivity index is 1.45. The van der Waals surface area contributed by atoms with Crippen molar-refractivity contribution in [1.82, 2.24) is 4.98 Å². The zero-order valence-electron chi connectivity index (χ0n) is 16.9. The second-order valence-electron chi connectivity index (χ2n) is 7.06. The minimum Gasteiger partial charge on any atom is -0.506 e. The molecule has 2 N–H and O–H groups in total. The number of carboxylic acids is 1. The summed E-state index contributed by atoms with van der Waals surface area (Å²) in [5.41, 5.74) is 2.03. The van der Waals surface area contributed by atoms with Crippen LogP contribution in [0.4, 0.5) is 0 Å². The number of rotatable bonds is 7. The van der Waals surface area contributed by atoms with Gasteiger partial charge in [0.1, 0.15) is 23.7 Å². The third-order valence-electron chi connectivity index (χ3n) is 4.86. The van der Waals surface area contributed by atoms with Crippen molar-refractivity contribution in [3.05, 3.63) is 107 Å². The summed E-state index contributed by atoms with van der Waals surface area (Å²) in [6.45, 7) is 0.298. The van der Waals surface area contributed by atoms with Crippen LogP contribution in [0.25, 0.3) is 17.0 Å². The number of fused-ring (bicyclic) bond motifs is 1. The lowest BCUT2D eigenvalue weighted by atomic mass is 10.0. The smallest absolute Gasteiger partial charge is 0.339 e. The summed E-state index contributed by atoms with van der Waals surface area (Å²) in [5, 5.41) is 20.2. The number of nitrogens with zero attached hydrogens (tertiary/aromatic N) is 1. The van der Waals surface area contributed by atoms with E-state index in [2.05, 4.69) is 4.98 Å². The molecule has 0 aliphatic carbocycles. The fourth-order valence-corrected chi connectivity index (χ4v) is 3.23. The van der Waals surface area contributed by atoms with Crippen LogP contribution < -0.4 is 4.74 Å². The molecule has 0 saturated heterocycles. The van der Waals surface area contributed by atoms with E-state index >= 15 is 0 Å². The lowest BCUT2D eigenvalue weighted by molar-refractivity contribution is 0.0693. The second-order valence-corrected chi connectivity index (χ2v) is 7.06. The number of phenols is 1. The Morgan fingerprint density at radius 2 is 1.69 bits per heavy atom. The van der Waals surface area contributed by atoms with E-state index in [0.717, 1.165) is 22.2 Å². The van der Waals surface area contributed by atoms with Crippen LogP contribution in [0.1, 0.15) is 32.0 Å². The molecule has 0 bridgehead atoms. The molecular formula is C26H19NO5. The molecule has 0 radical (unpaired) electrons. The summed E-state index contributed by atoms with van der Waals surface area (Å²) in [7, 11) is 0. The molecule has 32 heavy (non-hydrogen) atoms. The summed E-state index contributed by atoms with van der Waals surface area (Å²) < 4.78 is 5.85. The second kappa shape index (κ2) is 9.14. The predicted octanol–water partition coefficient (Wildman–Crippen LogP) is 5.11. The van der Waals surface area contributed by atoms with Crippen molar-refractivity contribution in [2.24, 2.45) is 0 Å². The first kappa shape index (κ1) is 20.8. The molecule has 1 heterocycles. The Kier molecular flexibility index (Phi) is 5.94. The number of hydrogen-bond donors (Lipinski definition) is 2. The molecule has 6 nitrogen and oxygen atoms in total. The van der Waals surface area contributed by atoms with Crippen LogP contribution in [-0.4, -0.2) is 26.9 Å². The molecule has 6 heteroatoms. The molecule has 3 aromatic carbocycles. The standard InChI is InChI=1S/C26H19NO5/c28-24(21-8-4-9-22(25(21)29)26(30)31)14-11-17-5-3-7-20(15-17)32-16-19-13-12-18-6-1-2-10-23(18)27-19/h1-15,29H,16H2,(H,30,31)/b14-11+.